The number of carbonyl (C=O) groups excluding carboxylic acids is 1. The van der Waals surface area contributed by atoms with Crippen molar-refractivity contribution in [1.29, 1.82) is 5.26 Å². The summed E-state index contributed by atoms with van der Waals surface area (Å²) in [7, 11) is -6.64. The number of nitrogens with two attached hydrogens (primary N) is 1. The second-order valence-corrected chi connectivity index (χ2v) is 16.0. The molecule has 0 aromatic heterocycles. The van der Waals surface area contributed by atoms with Gasteiger partial charge in [0.15, 0.2) is 19.7 Å². The van der Waals surface area contributed by atoms with Gasteiger partial charge in [0.25, 0.3) is 0 Å². The Morgan fingerprint density at radius 1 is 0.795 bits per heavy atom. The summed E-state index contributed by atoms with van der Waals surface area (Å²) in [5.41, 5.74) is 6.81. The van der Waals surface area contributed by atoms with Gasteiger partial charge in [0.2, 0.25) is 0 Å². The first kappa shape index (κ1) is 35.5. The van der Waals surface area contributed by atoms with Crippen molar-refractivity contribution in [3.05, 3.63) is 47.5 Å². The van der Waals surface area contributed by atoms with Crippen molar-refractivity contribution in [2.75, 3.05) is 24.7 Å². The van der Waals surface area contributed by atoms with Gasteiger partial charge in [-0.1, -0.05) is 0 Å². The highest BCUT2D eigenvalue weighted by atomic mass is 32.2. The van der Waals surface area contributed by atoms with Crippen LogP contribution in [0.3, 0.4) is 0 Å². The average Bonchev–Trinajstić information content (AvgIpc) is 2.98. The van der Waals surface area contributed by atoms with Crippen molar-refractivity contribution in [1.82, 2.24) is 0 Å². The van der Waals surface area contributed by atoms with Crippen molar-refractivity contribution in [3.63, 3.8) is 0 Å². The SMILES string of the molecule is CCOc1ccc(S(=O)(=O)CC2CCC(=O)CC2)cc1C.CCOc1ccc(S(=O)(=O)CC2CCC(N)(C#N)CC2)cc1C. The number of nitrogens with zero attached hydrogens (tertiary/aromatic N) is 1. The van der Waals surface area contributed by atoms with E-state index in [0.717, 1.165) is 16.9 Å². The van der Waals surface area contributed by atoms with E-state index in [4.69, 9.17) is 20.5 Å². The number of nitriles is 1. The van der Waals surface area contributed by atoms with Gasteiger partial charge in [0.1, 0.15) is 22.8 Å². The molecule has 0 radical (unpaired) electrons. The number of Topliss-reactive ketones (excluding diaryl/α,β-unsaturated/α-hetero) is 1. The third kappa shape index (κ3) is 9.78. The quantitative estimate of drug-likeness (QED) is 0.352. The lowest BCUT2D eigenvalue weighted by Crippen LogP contribution is -2.42. The molecule has 0 saturated heterocycles. The van der Waals surface area contributed by atoms with Crippen LogP contribution in [0.5, 0.6) is 11.5 Å². The van der Waals surface area contributed by atoms with Crippen LogP contribution in [0.4, 0.5) is 0 Å². The van der Waals surface area contributed by atoms with Crippen LogP contribution in [0, 0.1) is 37.0 Å². The molecule has 2 aromatic rings. The van der Waals surface area contributed by atoms with E-state index in [-0.39, 0.29) is 29.1 Å². The van der Waals surface area contributed by atoms with Crippen molar-refractivity contribution in [2.24, 2.45) is 17.6 Å². The van der Waals surface area contributed by atoms with Crippen LogP contribution in [-0.2, 0) is 24.5 Å². The first-order valence-corrected chi connectivity index (χ1v) is 18.7. The lowest BCUT2D eigenvalue weighted by Gasteiger charge is -2.31. The van der Waals surface area contributed by atoms with E-state index >= 15 is 0 Å². The molecule has 0 amide bonds. The summed E-state index contributed by atoms with van der Waals surface area (Å²) < 4.78 is 61.1. The Kier molecular flexibility index (Phi) is 12.4. The molecule has 9 nitrogen and oxygen atoms in total. The summed E-state index contributed by atoms with van der Waals surface area (Å²) in [6.45, 7) is 8.60. The number of hydrogen-bond donors (Lipinski definition) is 1. The smallest absolute Gasteiger partial charge is 0.178 e. The molecule has 0 heterocycles. The minimum Gasteiger partial charge on any atom is -0.494 e. The number of carbonyl (C=O) groups is 1. The zero-order valence-electron chi connectivity index (χ0n) is 26.3. The number of aryl methyl sites for hydroxylation is 2. The molecule has 0 unspecified atom stereocenters. The van der Waals surface area contributed by atoms with Crippen LogP contribution in [0.1, 0.15) is 76.3 Å². The summed E-state index contributed by atoms with van der Waals surface area (Å²) in [4.78, 5) is 11.9. The number of ether oxygens (including phenoxy) is 2. The Morgan fingerprint density at radius 3 is 1.57 bits per heavy atom. The Balaban J connectivity index is 0.000000241. The minimum atomic E-state index is -3.34. The highest BCUT2D eigenvalue weighted by molar-refractivity contribution is 7.91. The van der Waals surface area contributed by atoms with Crippen molar-refractivity contribution in [2.45, 2.75) is 94.4 Å². The number of rotatable bonds is 10. The predicted octanol–water partition coefficient (Wildman–Crippen LogP) is 5.51. The van der Waals surface area contributed by atoms with E-state index < -0.39 is 25.2 Å². The Hall–Kier alpha value is -2.94. The molecule has 0 bridgehead atoms. The van der Waals surface area contributed by atoms with Crippen molar-refractivity contribution >= 4 is 25.5 Å². The van der Waals surface area contributed by atoms with Crippen LogP contribution < -0.4 is 15.2 Å². The van der Waals surface area contributed by atoms with Gasteiger partial charge in [-0.3, -0.25) is 4.79 Å². The molecule has 2 fully saturated rings. The number of sulfone groups is 2. The Bertz CT molecular complexity index is 1540. The molecule has 2 aliphatic rings. The molecule has 0 spiro atoms. The highest BCUT2D eigenvalue weighted by Crippen LogP contribution is 2.33. The van der Waals surface area contributed by atoms with Gasteiger partial charge in [0.05, 0.1) is 40.6 Å². The van der Waals surface area contributed by atoms with Gasteiger partial charge < -0.3 is 15.2 Å². The fourth-order valence-electron chi connectivity index (χ4n) is 5.72. The van der Waals surface area contributed by atoms with Crippen LogP contribution in [0.2, 0.25) is 0 Å². The van der Waals surface area contributed by atoms with E-state index in [1.807, 2.05) is 27.7 Å². The van der Waals surface area contributed by atoms with Gasteiger partial charge in [-0.15, -0.1) is 0 Å². The Labute approximate surface area is 263 Å². The fraction of sp³-hybridized carbons (Fsp3) is 0.576. The summed E-state index contributed by atoms with van der Waals surface area (Å²) >= 11 is 0. The molecule has 4 rings (SSSR count). The maximum absolute atomic E-state index is 12.6. The van der Waals surface area contributed by atoms with Crippen LogP contribution >= 0.6 is 0 Å². The van der Waals surface area contributed by atoms with Crippen molar-refractivity contribution in [3.8, 4) is 17.6 Å². The summed E-state index contributed by atoms with van der Waals surface area (Å²) in [6.07, 6.45) is 4.89. The van der Waals surface area contributed by atoms with Crippen LogP contribution in [-0.4, -0.2) is 52.9 Å². The molecule has 11 heteroatoms. The molecule has 2 aromatic carbocycles. The first-order valence-electron chi connectivity index (χ1n) is 15.4. The normalized spacial score (nSPS) is 21.1. The third-order valence-corrected chi connectivity index (χ3v) is 12.2. The molecule has 0 aliphatic heterocycles. The molecular formula is C33H46N2O7S2. The third-order valence-electron chi connectivity index (χ3n) is 8.40. The van der Waals surface area contributed by atoms with E-state index in [1.165, 1.54) is 0 Å². The van der Waals surface area contributed by atoms with Crippen molar-refractivity contribution < 1.29 is 31.1 Å². The number of hydrogen-bond acceptors (Lipinski definition) is 9. The molecule has 2 aliphatic carbocycles. The van der Waals surface area contributed by atoms with E-state index in [1.54, 1.807) is 36.4 Å². The molecule has 242 valence electrons. The topological polar surface area (TPSA) is 154 Å². The maximum Gasteiger partial charge on any atom is 0.178 e. The zero-order valence-corrected chi connectivity index (χ0v) is 27.9. The van der Waals surface area contributed by atoms with Gasteiger partial charge in [-0.25, -0.2) is 16.8 Å². The van der Waals surface area contributed by atoms with Crippen LogP contribution in [0.15, 0.2) is 46.2 Å². The standard InChI is InChI=1S/C17H24N2O3S.C16H22O4S/c1-3-22-16-5-4-15(10-13(16)2)23(20,21)11-14-6-8-17(19,12-18)9-7-14;1-3-20-16-9-8-15(10-12(16)2)21(18,19)11-13-4-6-14(17)7-5-13/h4-5,10,14H,3,6-9,11,19H2,1-2H3;8-10,13H,3-7,11H2,1-2H3. The fourth-order valence-corrected chi connectivity index (χ4v) is 9.27. The lowest BCUT2D eigenvalue weighted by atomic mass is 9.79. The van der Waals surface area contributed by atoms with Gasteiger partial charge in [0, 0.05) is 12.8 Å². The Morgan fingerprint density at radius 2 is 1.20 bits per heavy atom. The maximum atomic E-state index is 12.6. The molecular weight excluding hydrogens is 601 g/mol. The first-order chi connectivity index (χ1) is 20.7. The average molecular weight is 647 g/mol. The second-order valence-electron chi connectivity index (χ2n) is 12.0. The number of benzene rings is 2. The largest absolute Gasteiger partial charge is 0.494 e. The minimum absolute atomic E-state index is 0.0666. The summed E-state index contributed by atoms with van der Waals surface area (Å²) in [5.74, 6) is 2.10. The number of ketones is 1. The molecule has 2 N–H and O–H groups in total. The van der Waals surface area contributed by atoms with E-state index in [0.29, 0.717) is 80.1 Å². The van der Waals surface area contributed by atoms with Gasteiger partial charge >= 0.3 is 0 Å². The van der Waals surface area contributed by atoms with E-state index in [9.17, 15) is 21.6 Å². The van der Waals surface area contributed by atoms with Gasteiger partial charge in [-0.05, 0) is 126 Å². The van der Waals surface area contributed by atoms with Crippen LogP contribution in [0.25, 0.3) is 0 Å². The summed E-state index contributed by atoms with van der Waals surface area (Å²) in [6, 6.07) is 12.1. The monoisotopic (exact) mass is 646 g/mol. The highest BCUT2D eigenvalue weighted by Gasteiger charge is 2.34. The molecule has 2 saturated carbocycles. The van der Waals surface area contributed by atoms with E-state index in [2.05, 4.69) is 6.07 Å². The van der Waals surface area contributed by atoms with Gasteiger partial charge in [-0.2, -0.15) is 5.26 Å². The molecule has 44 heavy (non-hydrogen) atoms. The zero-order chi connectivity index (χ0) is 32.5. The lowest BCUT2D eigenvalue weighted by molar-refractivity contribution is -0.120. The molecule has 0 atom stereocenters. The summed E-state index contributed by atoms with van der Waals surface area (Å²) in [5, 5.41) is 9.04. The predicted molar refractivity (Wildman–Crippen MR) is 170 cm³/mol. The second kappa shape index (κ2) is 15.4.